The quantitative estimate of drug-likeness (QED) is 0.161. The number of thioether (sulfide) groups is 1. The van der Waals surface area contributed by atoms with E-state index >= 15 is 0 Å². The molecule has 5 rings (SSSR count). The van der Waals surface area contributed by atoms with Gasteiger partial charge in [0.2, 0.25) is 27.6 Å². The Hall–Kier alpha value is -4.01. The largest absolute Gasteiger partial charge is 0.384 e. The second kappa shape index (κ2) is 17.4. The Kier molecular flexibility index (Phi) is 13.3. The molecule has 3 aliphatic rings. The summed E-state index contributed by atoms with van der Waals surface area (Å²) in [5.41, 5.74) is 2.81. The number of aliphatic hydroxyl groups is 1. The Labute approximate surface area is 322 Å². The Bertz CT molecular complexity index is 1840. The highest BCUT2D eigenvalue weighted by Gasteiger charge is 2.49. The number of nitrogens with one attached hydrogen (secondary N) is 3. The average molecular weight is 811 g/mol. The number of aromatic nitrogens is 3. The van der Waals surface area contributed by atoms with E-state index in [2.05, 4.69) is 20.9 Å². The van der Waals surface area contributed by atoms with Crippen molar-refractivity contribution in [2.45, 2.75) is 112 Å². The van der Waals surface area contributed by atoms with E-state index < -0.39 is 81.7 Å². The van der Waals surface area contributed by atoms with Gasteiger partial charge in [-0.1, -0.05) is 37.3 Å². The molecular formula is C35H48F2N8O8S2. The SMILES string of the molecule is CC(C)(O)c1cnnn1C1CC(C(=O)NC2(C(=O)C(N)=O)CCSCC2)N(C(=O)[C@@H](CC2CCCCC2)NC(=O)c2ccc(S(=O)(=O)NCC(F)F)cc2)C1. The smallest absolute Gasteiger partial charge is 0.287 e. The van der Waals surface area contributed by atoms with Gasteiger partial charge in [-0.15, -0.1) is 5.10 Å². The predicted octanol–water partition coefficient (Wildman–Crippen LogP) is 1.40. The van der Waals surface area contributed by atoms with E-state index in [4.69, 9.17) is 5.73 Å². The summed E-state index contributed by atoms with van der Waals surface area (Å²) in [6, 6.07) is 1.60. The van der Waals surface area contributed by atoms with Gasteiger partial charge in [-0.25, -0.2) is 26.6 Å². The van der Waals surface area contributed by atoms with Gasteiger partial charge >= 0.3 is 0 Å². The zero-order chi connectivity index (χ0) is 40.1. The fourth-order valence-corrected chi connectivity index (χ4v) is 9.78. The van der Waals surface area contributed by atoms with Crippen LogP contribution in [0.3, 0.4) is 0 Å². The molecule has 1 saturated carbocycles. The fourth-order valence-electron chi connectivity index (χ4n) is 7.58. The molecule has 1 aromatic heterocycles. The van der Waals surface area contributed by atoms with Crippen molar-refractivity contribution in [3.8, 4) is 0 Å². The molecule has 1 aromatic carbocycles. The lowest BCUT2D eigenvalue weighted by atomic mass is 9.84. The van der Waals surface area contributed by atoms with Crippen LogP contribution >= 0.6 is 11.8 Å². The summed E-state index contributed by atoms with van der Waals surface area (Å²) in [6.07, 6.45) is 3.57. The molecule has 2 aromatic rings. The van der Waals surface area contributed by atoms with Crippen LogP contribution in [-0.2, 0) is 34.8 Å². The molecule has 3 fully saturated rings. The molecule has 16 nitrogen and oxygen atoms in total. The highest BCUT2D eigenvalue weighted by molar-refractivity contribution is 7.99. The number of primary amides is 1. The third-order valence-corrected chi connectivity index (χ3v) is 13.0. The van der Waals surface area contributed by atoms with Crippen molar-refractivity contribution in [1.29, 1.82) is 0 Å². The van der Waals surface area contributed by atoms with Crippen molar-refractivity contribution in [2.24, 2.45) is 11.7 Å². The number of nitrogens with two attached hydrogens (primary N) is 1. The van der Waals surface area contributed by atoms with Gasteiger partial charge in [0.05, 0.1) is 29.4 Å². The maximum atomic E-state index is 14.8. The van der Waals surface area contributed by atoms with Crippen LogP contribution in [0.4, 0.5) is 8.78 Å². The van der Waals surface area contributed by atoms with E-state index in [9.17, 15) is 46.3 Å². The molecule has 20 heteroatoms. The van der Waals surface area contributed by atoms with E-state index in [1.165, 1.54) is 27.9 Å². The van der Waals surface area contributed by atoms with Crippen LogP contribution in [0.25, 0.3) is 0 Å². The second-order valence-electron chi connectivity index (χ2n) is 14.9. The summed E-state index contributed by atoms with van der Waals surface area (Å²) in [5, 5.41) is 24.6. The molecule has 6 N–H and O–H groups in total. The molecule has 0 radical (unpaired) electrons. The molecule has 0 spiro atoms. The van der Waals surface area contributed by atoms with Gasteiger partial charge in [0, 0.05) is 18.5 Å². The van der Waals surface area contributed by atoms with Gasteiger partial charge in [0.25, 0.3) is 18.2 Å². The molecule has 0 bridgehead atoms. The van der Waals surface area contributed by atoms with E-state index in [0.29, 0.717) is 17.2 Å². The minimum absolute atomic E-state index is 0.000763. The molecule has 3 atom stereocenters. The molecule has 1 aliphatic carbocycles. The van der Waals surface area contributed by atoms with Crippen LogP contribution in [0.1, 0.15) is 93.7 Å². The van der Waals surface area contributed by atoms with Crippen molar-refractivity contribution >= 4 is 51.2 Å². The van der Waals surface area contributed by atoms with Gasteiger partial charge in [-0.05, 0) is 74.8 Å². The lowest BCUT2D eigenvalue weighted by molar-refractivity contribution is -0.145. The number of rotatable bonds is 15. The molecule has 302 valence electrons. The Morgan fingerprint density at radius 2 is 1.73 bits per heavy atom. The third-order valence-electron chi connectivity index (χ3n) is 10.5. The first-order chi connectivity index (χ1) is 25.9. The molecular weight excluding hydrogens is 763 g/mol. The predicted molar refractivity (Wildman–Crippen MR) is 196 cm³/mol. The first kappa shape index (κ1) is 42.1. The number of amides is 4. The number of nitrogens with zero attached hydrogens (tertiary/aromatic N) is 4. The first-order valence-electron chi connectivity index (χ1n) is 18.3. The van der Waals surface area contributed by atoms with Crippen molar-refractivity contribution in [2.75, 3.05) is 24.6 Å². The molecule has 4 amide bonds. The Balaban J connectivity index is 1.46. The highest BCUT2D eigenvalue weighted by atomic mass is 32.2. The summed E-state index contributed by atoms with van der Waals surface area (Å²) in [7, 11) is -4.28. The normalized spacial score (nSPS) is 21.2. The van der Waals surface area contributed by atoms with Crippen molar-refractivity contribution in [3.05, 3.63) is 41.7 Å². The van der Waals surface area contributed by atoms with Crippen LogP contribution < -0.4 is 21.1 Å². The van der Waals surface area contributed by atoms with Crippen LogP contribution in [0.2, 0.25) is 0 Å². The summed E-state index contributed by atoms with van der Waals surface area (Å²) < 4.78 is 53.4. The number of carbonyl (C=O) groups is 5. The van der Waals surface area contributed by atoms with Crippen molar-refractivity contribution in [3.63, 3.8) is 0 Å². The maximum absolute atomic E-state index is 14.8. The van der Waals surface area contributed by atoms with Gasteiger partial charge in [-0.2, -0.15) is 11.8 Å². The van der Waals surface area contributed by atoms with Crippen LogP contribution in [-0.4, -0.2) is 111 Å². The number of carbonyl (C=O) groups excluding carboxylic acids is 5. The number of sulfonamides is 1. The zero-order valence-electron chi connectivity index (χ0n) is 30.7. The number of hydrogen-bond acceptors (Lipinski definition) is 11. The highest BCUT2D eigenvalue weighted by Crippen LogP contribution is 2.35. The minimum Gasteiger partial charge on any atom is -0.384 e. The first-order valence-corrected chi connectivity index (χ1v) is 20.9. The fraction of sp³-hybridized carbons (Fsp3) is 0.629. The maximum Gasteiger partial charge on any atom is 0.287 e. The summed E-state index contributed by atoms with van der Waals surface area (Å²) in [6.45, 7) is 1.93. The zero-order valence-corrected chi connectivity index (χ0v) is 32.3. The molecule has 2 unspecified atom stereocenters. The third kappa shape index (κ3) is 10.1. The van der Waals surface area contributed by atoms with E-state index in [1.54, 1.807) is 30.3 Å². The van der Waals surface area contributed by atoms with Crippen molar-refractivity contribution in [1.82, 2.24) is 35.2 Å². The van der Waals surface area contributed by atoms with Gasteiger partial charge < -0.3 is 26.4 Å². The summed E-state index contributed by atoms with van der Waals surface area (Å²) in [5.74, 6) is -3.07. The van der Waals surface area contributed by atoms with Crippen LogP contribution in [0.5, 0.6) is 0 Å². The lowest BCUT2D eigenvalue weighted by Crippen LogP contribution is -2.63. The standard InChI is InChI=1S/C35H48F2N8O8S2/c1-34(2,51)27-18-39-43-45(27)23-17-26(32(49)42-35(29(46)30(38)47)12-14-54-15-13-35)44(20-23)33(50)25(16-21-6-4-3-5-7-21)41-31(48)22-8-10-24(11-9-22)55(52,53)40-19-28(36)37/h8-11,18,21,23,25-26,28,40,51H,3-7,12-17,19-20H2,1-2H3,(H2,38,47)(H,41,48)(H,42,49)/t23?,25-,26?/m1/s1. The van der Waals surface area contributed by atoms with E-state index in [1.807, 2.05) is 0 Å². The number of benzene rings is 1. The van der Waals surface area contributed by atoms with Gasteiger partial charge in [0.15, 0.2) is 0 Å². The lowest BCUT2D eigenvalue weighted by Gasteiger charge is -2.37. The number of hydrogen-bond donors (Lipinski definition) is 5. The minimum atomic E-state index is -4.28. The average Bonchev–Trinajstić information content (AvgIpc) is 3.83. The molecule has 2 aliphatic heterocycles. The molecule has 2 saturated heterocycles. The number of likely N-dealkylation sites (tertiary alicyclic amines) is 1. The summed E-state index contributed by atoms with van der Waals surface area (Å²) >= 11 is 1.56. The van der Waals surface area contributed by atoms with Crippen LogP contribution in [0, 0.1) is 5.92 Å². The van der Waals surface area contributed by atoms with Crippen LogP contribution in [0.15, 0.2) is 35.4 Å². The Morgan fingerprint density at radius 1 is 1.07 bits per heavy atom. The Morgan fingerprint density at radius 3 is 2.33 bits per heavy atom. The number of halogens is 2. The second-order valence-corrected chi connectivity index (χ2v) is 17.9. The number of alkyl halides is 2. The van der Waals surface area contributed by atoms with Gasteiger partial charge in [0.1, 0.15) is 23.2 Å². The van der Waals surface area contributed by atoms with Crippen molar-refractivity contribution < 1.29 is 46.3 Å². The topological polar surface area (TPSA) is 236 Å². The number of Topliss-reactive ketones (excluding diaryl/α,β-unsaturated/α-hetero) is 1. The summed E-state index contributed by atoms with van der Waals surface area (Å²) in [4.78, 5) is 69.1. The molecule has 55 heavy (non-hydrogen) atoms. The monoisotopic (exact) mass is 810 g/mol. The van der Waals surface area contributed by atoms with E-state index in [0.717, 1.165) is 44.2 Å². The van der Waals surface area contributed by atoms with E-state index in [-0.39, 0.29) is 48.6 Å². The number of ketones is 1. The molecule has 3 heterocycles. The van der Waals surface area contributed by atoms with Gasteiger partial charge in [-0.3, -0.25) is 24.0 Å².